The Labute approximate surface area is 190 Å². The van der Waals surface area contributed by atoms with Crippen molar-refractivity contribution in [2.75, 3.05) is 5.32 Å². The number of nitrogens with one attached hydrogen (secondary N) is 1. The molecule has 9 heteroatoms. The van der Waals surface area contributed by atoms with Crippen molar-refractivity contribution < 1.29 is 23.7 Å². The van der Waals surface area contributed by atoms with E-state index in [0.29, 0.717) is 30.7 Å². The van der Waals surface area contributed by atoms with Gasteiger partial charge in [0.05, 0.1) is 21.6 Å². The van der Waals surface area contributed by atoms with Crippen molar-refractivity contribution in [3.63, 3.8) is 0 Å². The Morgan fingerprint density at radius 3 is 2.30 bits per heavy atom. The Kier molecular flexibility index (Phi) is 5.30. The van der Waals surface area contributed by atoms with E-state index in [9.17, 15) is 24.1 Å². The number of anilines is 1. The smallest absolute Gasteiger partial charge is 0.326 e. The van der Waals surface area contributed by atoms with Crippen LogP contribution in [0.5, 0.6) is 0 Å². The van der Waals surface area contributed by atoms with Crippen LogP contribution in [0, 0.1) is 32.2 Å². The van der Waals surface area contributed by atoms with Crippen LogP contribution in [0.15, 0.2) is 53.7 Å². The minimum Gasteiger partial charge on any atom is -0.326 e. The Bertz CT molecular complexity index is 1160. The van der Waals surface area contributed by atoms with Gasteiger partial charge in [0.2, 0.25) is 5.91 Å². The molecule has 2 unspecified atom stereocenters. The van der Waals surface area contributed by atoms with E-state index in [-0.39, 0.29) is 23.0 Å². The molecule has 2 aliphatic carbocycles. The number of carbonyl (C=O) groups is 2. The molecular weight excluding hydrogens is 429 g/mol. The summed E-state index contributed by atoms with van der Waals surface area (Å²) in [6, 6.07) is 10.7. The summed E-state index contributed by atoms with van der Waals surface area (Å²) in [5.74, 6) is -1.29. The summed E-state index contributed by atoms with van der Waals surface area (Å²) >= 11 is 0. The lowest BCUT2D eigenvalue weighted by Crippen LogP contribution is -2.43. The molecule has 0 spiro atoms. The van der Waals surface area contributed by atoms with Gasteiger partial charge >= 0.3 is 5.97 Å². The van der Waals surface area contributed by atoms with Crippen LogP contribution in [0.1, 0.15) is 50.4 Å². The van der Waals surface area contributed by atoms with Gasteiger partial charge in [-0.1, -0.05) is 25.9 Å². The minimum atomic E-state index is -0.755. The number of amides is 1. The number of carbonyl (C=O) groups excluding carboxylic acids is 2. The lowest BCUT2D eigenvalue weighted by molar-refractivity contribution is -0.384. The number of rotatable bonds is 5. The van der Waals surface area contributed by atoms with Crippen LogP contribution >= 0.6 is 0 Å². The van der Waals surface area contributed by atoms with E-state index in [2.05, 4.69) is 10.5 Å². The average Bonchev–Trinajstić information content (AvgIpc) is 3.09. The quantitative estimate of drug-likeness (QED) is 0.385. The highest BCUT2D eigenvalue weighted by Gasteiger charge is 2.71. The lowest BCUT2D eigenvalue weighted by atomic mass is 9.64. The third kappa shape index (κ3) is 3.48. The molecule has 1 amide bonds. The molecule has 0 radical (unpaired) electrons. The molecule has 0 aromatic heterocycles. The standard InChI is InChI=1S/C24H24FN3O5/c1-22(2)23(3)12-13-24(22,21(30)26-17-8-6-16(25)7-9-17)14-19(23)27-33-20(29)15-4-10-18(11-5-15)28(31)32/h4-11H,12-14H2,1-3H3,(H,26,30)/b27-19+. The molecule has 2 aliphatic rings. The number of nitro benzene ring substituents is 1. The first-order chi connectivity index (χ1) is 15.5. The van der Waals surface area contributed by atoms with Crippen LogP contribution in [-0.2, 0) is 9.63 Å². The van der Waals surface area contributed by atoms with E-state index >= 15 is 0 Å². The van der Waals surface area contributed by atoms with Crippen LogP contribution < -0.4 is 5.32 Å². The average molecular weight is 453 g/mol. The third-order valence-electron chi connectivity index (χ3n) is 7.82. The highest BCUT2D eigenvalue weighted by atomic mass is 19.1. The third-order valence-corrected chi connectivity index (χ3v) is 7.82. The number of fused-ring (bicyclic) bond motifs is 2. The topological polar surface area (TPSA) is 111 Å². The van der Waals surface area contributed by atoms with Gasteiger partial charge in [-0.3, -0.25) is 14.9 Å². The summed E-state index contributed by atoms with van der Waals surface area (Å²) in [6.07, 6.45) is 1.68. The van der Waals surface area contributed by atoms with Gasteiger partial charge in [-0.15, -0.1) is 0 Å². The Morgan fingerprint density at radius 1 is 1.06 bits per heavy atom. The van der Waals surface area contributed by atoms with Crippen molar-refractivity contribution in [1.82, 2.24) is 0 Å². The van der Waals surface area contributed by atoms with Gasteiger partial charge in [-0.05, 0) is 54.7 Å². The fourth-order valence-electron chi connectivity index (χ4n) is 5.17. The predicted octanol–water partition coefficient (Wildman–Crippen LogP) is 5.10. The maximum Gasteiger partial charge on any atom is 0.365 e. The molecular formula is C24H24FN3O5. The highest BCUT2D eigenvalue weighted by molar-refractivity contribution is 6.06. The number of non-ortho nitro benzene ring substituents is 1. The summed E-state index contributed by atoms with van der Waals surface area (Å²) in [7, 11) is 0. The van der Waals surface area contributed by atoms with Crippen LogP contribution in [0.2, 0.25) is 0 Å². The number of hydrogen-bond donors (Lipinski definition) is 1. The first-order valence-corrected chi connectivity index (χ1v) is 10.6. The van der Waals surface area contributed by atoms with Crippen molar-refractivity contribution in [3.8, 4) is 0 Å². The van der Waals surface area contributed by atoms with E-state index in [0.717, 1.165) is 0 Å². The second-order valence-corrected chi connectivity index (χ2v) is 9.40. The number of hydrogen-bond acceptors (Lipinski definition) is 6. The molecule has 2 saturated carbocycles. The summed E-state index contributed by atoms with van der Waals surface area (Å²) in [5, 5.41) is 17.8. The number of nitrogens with zero attached hydrogens (tertiary/aromatic N) is 2. The molecule has 1 N–H and O–H groups in total. The van der Waals surface area contributed by atoms with Gasteiger partial charge in [0.15, 0.2) is 0 Å². The van der Waals surface area contributed by atoms with Crippen molar-refractivity contribution in [1.29, 1.82) is 0 Å². The summed E-state index contributed by atoms with van der Waals surface area (Å²) in [5.41, 5.74) is -0.533. The molecule has 2 bridgehead atoms. The second-order valence-electron chi connectivity index (χ2n) is 9.40. The molecule has 0 saturated heterocycles. The fraction of sp³-hybridized carbons (Fsp3) is 0.375. The molecule has 4 rings (SSSR count). The van der Waals surface area contributed by atoms with Gasteiger partial charge in [0.25, 0.3) is 5.69 Å². The van der Waals surface area contributed by atoms with Crippen LogP contribution in [0.25, 0.3) is 0 Å². The molecule has 33 heavy (non-hydrogen) atoms. The largest absolute Gasteiger partial charge is 0.365 e. The zero-order chi connectivity index (χ0) is 24.0. The number of halogens is 1. The van der Waals surface area contributed by atoms with E-state index in [1.54, 1.807) is 0 Å². The second kappa shape index (κ2) is 7.75. The summed E-state index contributed by atoms with van der Waals surface area (Å²) in [4.78, 5) is 41.3. The van der Waals surface area contributed by atoms with E-state index < -0.39 is 27.1 Å². The zero-order valence-corrected chi connectivity index (χ0v) is 18.6. The molecule has 0 heterocycles. The number of oxime groups is 1. The van der Waals surface area contributed by atoms with Crippen molar-refractivity contribution in [3.05, 3.63) is 70.0 Å². The van der Waals surface area contributed by atoms with Gasteiger partial charge in [-0.25, -0.2) is 9.18 Å². The molecule has 2 aromatic carbocycles. The van der Waals surface area contributed by atoms with Gasteiger partial charge < -0.3 is 10.2 Å². The molecule has 8 nitrogen and oxygen atoms in total. The SMILES string of the molecule is CC12CCC(C(=O)Nc3ccc(F)cc3)(C/C1=N\OC(=O)c1ccc([N+](=O)[O-])cc1)C2(C)C. The maximum atomic E-state index is 13.4. The Morgan fingerprint density at radius 2 is 1.70 bits per heavy atom. The van der Waals surface area contributed by atoms with Crippen molar-refractivity contribution >= 4 is 29.0 Å². The molecule has 2 aromatic rings. The molecule has 2 fully saturated rings. The van der Waals surface area contributed by atoms with Gasteiger partial charge in [0.1, 0.15) is 5.82 Å². The van der Waals surface area contributed by atoms with Crippen LogP contribution in [-0.4, -0.2) is 22.5 Å². The lowest BCUT2D eigenvalue weighted by Gasteiger charge is -2.39. The predicted molar refractivity (Wildman–Crippen MR) is 119 cm³/mol. The van der Waals surface area contributed by atoms with Crippen molar-refractivity contribution in [2.45, 2.75) is 40.0 Å². The number of nitro groups is 1. The Balaban J connectivity index is 1.55. The fourth-order valence-corrected chi connectivity index (χ4v) is 5.17. The van der Waals surface area contributed by atoms with E-state index in [1.807, 2.05) is 20.8 Å². The first kappa shape index (κ1) is 22.6. The summed E-state index contributed by atoms with van der Waals surface area (Å²) < 4.78 is 13.2. The highest BCUT2D eigenvalue weighted by Crippen LogP contribution is 2.71. The van der Waals surface area contributed by atoms with E-state index in [1.165, 1.54) is 48.5 Å². The summed E-state index contributed by atoms with van der Waals surface area (Å²) in [6.45, 7) is 6.06. The molecule has 172 valence electrons. The normalized spacial score (nSPS) is 26.2. The Hall–Kier alpha value is -3.62. The zero-order valence-electron chi connectivity index (χ0n) is 18.6. The monoisotopic (exact) mass is 453 g/mol. The minimum absolute atomic E-state index is 0.130. The van der Waals surface area contributed by atoms with Gasteiger partial charge in [-0.2, -0.15) is 0 Å². The maximum absolute atomic E-state index is 13.4. The van der Waals surface area contributed by atoms with E-state index in [4.69, 9.17) is 4.84 Å². The van der Waals surface area contributed by atoms with Crippen LogP contribution in [0.4, 0.5) is 15.8 Å². The first-order valence-electron chi connectivity index (χ1n) is 10.6. The van der Waals surface area contributed by atoms with Crippen molar-refractivity contribution in [2.24, 2.45) is 21.4 Å². The molecule has 2 atom stereocenters. The van der Waals surface area contributed by atoms with Crippen LogP contribution in [0.3, 0.4) is 0 Å². The van der Waals surface area contributed by atoms with Gasteiger partial charge in [0, 0.05) is 29.7 Å². The molecule has 0 aliphatic heterocycles. The number of benzene rings is 2.